The Morgan fingerprint density at radius 1 is 1.21 bits per heavy atom. The van der Waals surface area contributed by atoms with Crippen LogP contribution >= 0.6 is 11.8 Å². The van der Waals surface area contributed by atoms with Gasteiger partial charge in [0, 0.05) is 26.0 Å². The van der Waals surface area contributed by atoms with E-state index in [0.717, 1.165) is 22.1 Å². The smallest absolute Gasteiger partial charge is 0.325 e. The number of hydrogen-bond acceptors (Lipinski definition) is 5. The number of hydrogen-bond donors (Lipinski definition) is 1. The summed E-state index contributed by atoms with van der Waals surface area (Å²) in [5.74, 6) is -0.439. The zero-order valence-corrected chi connectivity index (χ0v) is 16.8. The van der Waals surface area contributed by atoms with Gasteiger partial charge in [0.15, 0.2) is 0 Å². The molecule has 0 unspecified atom stereocenters. The van der Waals surface area contributed by atoms with Crippen LogP contribution in [0.15, 0.2) is 52.5 Å². The van der Waals surface area contributed by atoms with Crippen LogP contribution in [0.2, 0.25) is 0 Å². The predicted molar refractivity (Wildman–Crippen MR) is 101 cm³/mol. The number of carbonyl (C=O) groups excluding carboxylic acids is 1. The van der Waals surface area contributed by atoms with Gasteiger partial charge in [-0.1, -0.05) is 17.8 Å². The van der Waals surface area contributed by atoms with Crippen molar-refractivity contribution in [2.45, 2.75) is 28.3 Å². The second kappa shape index (κ2) is 8.50. The van der Waals surface area contributed by atoms with Crippen LogP contribution in [-0.2, 0) is 21.0 Å². The van der Waals surface area contributed by atoms with Crippen LogP contribution in [0, 0.1) is 0 Å². The first-order valence-corrected chi connectivity index (χ1v) is 10.3. The van der Waals surface area contributed by atoms with Crippen molar-refractivity contribution in [2.75, 3.05) is 19.4 Å². The third-order valence-electron chi connectivity index (χ3n) is 3.61. The third-order valence-corrected chi connectivity index (χ3v) is 6.47. The number of rotatable bonds is 6. The third kappa shape index (κ3) is 5.46. The molecule has 2 rings (SSSR count). The van der Waals surface area contributed by atoms with E-state index in [4.69, 9.17) is 0 Å². The Balaban J connectivity index is 2.07. The second-order valence-corrected chi connectivity index (χ2v) is 9.46. The molecule has 11 heteroatoms. The lowest BCUT2D eigenvalue weighted by Crippen LogP contribution is -2.24. The highest BCUT2D eigenvalue weighted by molar-refractivity contribution is 8.00. The van der Waals surface area contributed by atoms with Gasteiger partial charge in [-0.3, -0.25) is 4.79 Å². The van der Waals surface area contributed by atoms with E-state index in [1.807, 2.05) is 0 Å². The Hall–Kier alpha value is -2.11. The monoisotopic (exact) mass is 433 g/mol. The number of thioether (sulfide) groups is 1. The quantitative estimate of drug-likeness (QED) is 0.706. The molecule has 1 aromatic heterocycles. The number of carbonyl (C=O) groups is 1. The summed E-state index contributed by atoms with van der Waals surface area (Å²) in [6.07, 6.45) is -3.76. The fourth-order valence-electron chi connectivity index (χ4n) is 2.04. The van der Waals surface area contributed by atoms with Gasteiger partial charge in [-0.2, -0.15) is 13.2 Å². The maximum absolute atomic E-state index is 12.6. The number of benzene rings is 1. The van der Waals surface area contributed by atoms with E-state index < -0.39 is 32.9 Å². The zero-order valence-electron chi connectivity index (χ0n) is 15.2. The molecule has 1 N–H and O–H groups in total. The maximum atomic E-state index is 12.6. The van der Waals surface area contributed by atoms with E-state index in [0.29, 0.717) is 11.9 Å². The molecule has 0 aliphatic rings. The molecule has 1 aromatic carbocycles. The van der Waals surface area contributed by atoms with Gasteiger partial charge in [-0.05, 0) is 37.3 Å². The first-order chi connectivity index (χ1) is 12.9. The van der Waals surface area contributed by atoms with E-state index in [-0.39, 0.29) is 9.92 Å². The summed E-state index contributed by atoms with van der Waals surface area (Å²) >= 11 is 0.988. The van der Waals surface area contributed by atoms with Gasteiger partial charge < -0.3 is 5.32 Å². The summed E-state index contributed by atoms with van der Waals surface area (Å²) < 4.78 is 63.1. The molecule has 0 bridgehead atoms. The van der Waals surface area contributed by atoms with Gasteiger partial charge in [0.25, 0.3) is 0 Å². The first-order valence-electron chi connectivity index (χ1n) is 7.94. The highest BCUT2D eigenvalue weighted by Gasteiger charge is 2.30. The van der Waals surface area contributed by atoms with Crippen LogP contribution < -0.4 is 5.32 Å². The van der Waals surface area contributed by atoms with Crippen molar-refractivity contribution in [2.24, 2.45) is 0 Å². The molecular weight excluding hydrogens is 415 g/mol. The van der Waals surface area contributed by atoms with Crippen LogP contribution in [0.4, 0.5) is 18.9 Å². The molecule has 0 radical (unpaired) electrons. The molecule has 0 saturated heterocycles. The number of nitrogens with one attached hydrogen (secondary N) is 1. The summed E-state index contributed by atoms with van der Waals surface area (Å²) in [6.45, 7) is 1.57. The van der Waals surface area contributed by atoms with Crippen LogP contribution in [0.1, 0.15) is 12.5 Å². The first kappa shape index (κ1) is 22.2. The molecule has 0 spiro atoms. The largest absolute Gasteiger partial charge is 0.417 e. The molecule has 0 aliphatic carbocycles. The van der Waals surface area contributed by atoms with Crippen LogP contribution in [-0.4, -0.2) is 43.0 Å². The number of pyridine rings is 1. The Morgan fingerprint density at radius 2 is 1.89 bits per heavy atom. The van der Waals surface area contributed by atoms with Crippen molar-refractivity contribution < 1.29 is 26.4 Å². The normalized spacial score (nSPS) is 13.4. The van der Waals surface area contributed by atoms with Gasteiger partial charge in [0.2, 0.25) is 15.9 Å². The summed E-state index contributed by atoms with van der Waals surface area (Å²) in [4.78, 5) is 16.1. The van der Waals surface area contributed by atoms with Gasteiger partial charge in [0.1, 0.15) is 0 Å². The molecule has 0 aliphatic heterocycles. The fraction of sp³-hybridized carbons (Fsp3) is 0.294. The van der Waals surface area contributed by atoms with E-state index in [2.05, 4.69) is 10.3 Å². The molecule has 152 valence electrons. The number of nitrogens with zero attached hydrogens (tertiary/aromatic N) is 2. The lowest BCUT2D eigenvalue weighted by molar-refractivity contribution is -0.137. The Labute approximate surface area is 165 Å². The minimum absolute atomic E-state index is 0.0278. The highest BCUT2D eigenvalue weighted by atomic mass is 32.2. The summed E-state index contributed by atoms with van der Waals surface area (Å²) in [6, 6.07) is 7.88. The molecule has 0 fully saturated rings. The zero-order chi connectivity index (χ0) is 21.1. The topological polar surface area (TPSA) is 79.4 Å². The Kier molecular flexibility index (Phi) is 6.73. The van der Waals surface area contributed by atoms with Crippen LogP contribution in [0.5, 0.6) is 0 Å². The van der Waals surface area contributed by atoms with Crippen molar-refractivity contribution in [1.82, 2.24) is 9.29 Å². The number of aromatic nitrogens is 1. The Bertz CT molecular complexity index is 946. The van der Waals surface area contributed by atoms with Crippen molar-refractivity contribution in [3.05, 3.63) is 48.2 Å². The van der Waals surface area contributed by atoms with Crippen molar-refractivity contribution in [3.8, 4) is 0 Å². The summed E-state index contributed by atoms with van der Waals surface area (Å²) in [7, 11) is -0.847. The van der Waals surface area contributed by atoms with Crippen LogP contribution in [0.3, 0.4) is 0 Å². The van der Waals surface area contributed by atoms with Crippen molar-refractivity contribution >= 4 is 33.4 Å². The number of anilines is 1. The SMILES string of the molecule is C[C@H](Sc1ccc(C(F)(F)F)cn1)C(=O)Nc1cccc(S(=O)(=O)N(C)C)c1. The second-order valence-electron chi connectivity index (χ2n) is 5.95. The van der Waals surface area contributed by atoms with E-state index in [1.54, 1.807) is 13.0 Å². The standard InChI is InChI=1S/C17H18F3N3O3S2/c1-11(27-15-8-7-12(10-21-15)17(18,19)20)16(24)22-13-5-4-6-14(9-13)28(25,26)23(2)3/h4-11H,1-3H3,(H,22,24)/t11-/m0/s1. The average molecular weight is 433 g/mol. The van der Waals surface area contributed by atoms with Crippen LogP contribution in [0.25, 0.3) is 0 Å². The summed E-state index contributed by atoms with van der Waals surface area (Å²) in [5, 5.41) is 2.19. The van der Waals surface area contributed by atoms with Gasteiger partial charge >= 0.3 is 6.18 Å². The molecule has 2 aromatic rings. The van der Waals surface area contributed by atoms with Gasteiger partial charge in [-0.25, -0.2) is 17.7 Å². The number of amides is 1. The molecule has 0 saturated carbocycles. The van der Waals surface area contributed by atoms with Gasteiger partial charge in [0.05, 0.1) is 20.7 Å². The fourth-order valence-corrected chi connectivity index (χ4v) is 3.78. The minimum Gasteiger partial charge on any atom is -0.325 e. The predicted octanol–water partition coefficient (Wildman–Crippen LogP) is 3.47. The lowest BCUT2D eigenvalue weighted by Gasteiger charge is -2.14. The average Bonchev–Trinajstić information content (AvgIpc) is 2.61. The highest BCUT2D eigenvalue weighted by Crippen LogP contribution is 2.30. The van der Waals surface area contributed by atoms with E-state index >= 15 is 0 Å². The van der Waals surface area contributed by atoms with E-state index in [1.165, 1.54) is 38.4 Å². The maximum Gasteiger partial charge on any atom is 0.417 e. The van der Waals surface area contributed by atoms with Crippen molar-refractivity contribution in [1.29, 1.82) is 0 Å². The number of alkyl halides is 3. The molecule has 1 amide bonds. The molecule has 1 heterocycles. The van der Waals surface area contributed by atoms with Crippen molar-refractivity contribution in [3.63, 3.8) is 0 Å². The molecule has 1 atom stereocenters. The summed E-state index contributed by atoms with van der Waals surface area (Å²) in [5.41, 5.74) is -0.575. The Morgan fingerprint density at radius 3 is 2.43 bits per heavy atom. The molecule has 6 nitrogen and oxygen atoms in total. The number of sulfonamides is 1. The lowest BCUT2D eigenvalue weighted by atomic mass is 10.3. The minimum atomic E-state index is -4.48. The van der Waals surface area contributed by atoms with Gasteiger partial charge in [-0.15, -0.1) is 0 Å². The number of halogens is 3. The van der Waals surface area contributed by atoms with E-state index in [9.17, 15) is 26.4 Å². The molecule has 28 heavy (non-hydrogen) atoms. The molecular formula is C17H18F3N3O3S2.